The minimum atomic E-state index is -0.583. The Morgan fingerprint density at radius 1 is 0.919 bits per heavy atom. The smallest absolute Gasteiger partial charge is 0.252 e. The van der Waals surface area contributed by atoms with Crippen LogP contribution in [0.1, 0.15) is 23.2 Å². The molecule has 8 heteroatoms. The molecular formula is C29H28FN3O4. The summed E-state index contributed by atoms with van der Waals surface area (Å²) in [5, 5.41) is 0. The van der Waals surface area contributed by atoms with Gasteiger partial charge in [0, 0.05) is 43.3 Å². The number of anilines is 1. The molecule has 1 atom stereocenters. The average Bonchev–Trinajstić information content (AvgIpc) is 3.51. The zero-order valence-corrected chi connectivity index (χ0v) is 20.4. The Balaban J connectivity index is 1.28. The average molecular weight is 502 g/mol. The highest BCUT2D eigenvalue weighted by atomic mass is 19.1. The van der Waals surface area contributed by atoms with Crippen LogP contribution in [0.5, 0.6) is 23.0 Å². The van der Waals surface area contributed by atoms with Crippen LogP contribution in [0, 0.1) is 11.2 Å². The number of rotatable bonds is 7. The normalized spacial score (nSPS) is 18.7. The van der Waals surface area contributed by atoms with Crippen LogP contribution < -0.4 is 20.1 Å². The van der Waals surface area contributed by atoms with E-state index in [1.54, 1.807) is 48.5 Å². The van der Waals surface area contributed by atoms with Crippen LogP contribution in [0.25, 0.3) is 0 Å². The minimum absolute atomic E-state index is 0.0265. The van der Waals surface area contributed by atoms with Crippen molar-refractivity contribution in [2.75, 3.05) is 31.1 Å². The van der Waals surface area contributed by atoms with E-state index in [2.05, 4.69) is 11.5 Å². The summed E-state index contributed by atoms with van der Waals surface area (Å²) >= 11 is 0. The fourth-order valence-electron chi connectivity index (χ4n) is 5.11. The third-order valence-electron chi connectivity index (χ3n) is 7.04. The van der Waals surface area contributed by atoms with Crippen molar-refractivity contribution >= 4 is 17.5 Å². The molecule has 1 unspecified atom stereocenters. The zero-order valence-electron chi connectivity index (χ0n) is 20.4. The number of primary amides is 1. The van der Waals surface area contributed by atoms with Gasteiger partial charge in [-0.15, -0.1) is 0 Å². The number of halogens is 1. The molecule has 0 bridgehead atoms. The maximum Gasteiger partial charge on any atom is 0.252 e. The highest BCUT2D eigenvalue weighted by Crippen LogP contribution is 2.42. The summed E-state index contributed by atoms with van der Waals surface area (Å²) in [6.45, 7) is 6.69. The van der Waals surface area contributed by atoms with Crippen LogP contribution in [-0.2, 0) is 4.79 Å². The molecule has 5 rings (SSSR count). The molecule has 2 aliphatic heterocycles. The maximum atomic E-state index is 13.4. The third kappa shape index (κ3) is 5.28. The summed E-state index contributed by atoms with van der Waals surface area (Å²) in [5.41, 5.74) is 6.93. The number of hydrogen-bond donors (Lipinski definition) is 1. The summed E-state index contributed by atoms with van der Waals surface area (Å²) in [6, 6.07) is 18.1. The van der Waals surface area contributed by atoms with Gasteiger partial charge < -0.3 is 25.0 Å². The number of ether oxygens (including phenoxy) is 2. The van der Waals surface area contributed by atoms with Gasteiger partial charge in [-0.1, -0.05) is 12.6 Å². The largest absolute Gasteiger partial charge is 0.457 e. The van der Waals surface area contributed by atoms with Gasteiger partial charge in [-0.2, -0.15) is 0 Å². The summed E-state index contributed by atoms with van der Waals surface area (Å²) in [5.74, 6) is 0.777. The quantitative estimate of drug-likeness (QED) is 0.454. The van der Waals surface area contributed by atoms with Gasteiger partial charge in [-0.25, -0.2) is 4.39 Å². The SMILES string of the molecule is C=CC(=O)N1CCC2(CCN(c3ccc(Oc4ccc(Oc5cccc(F)c5)cc4)c(C(N)=O)c3)C2)C1. The van der Waals surface area contributed by atoms with E-state index < -0.39 is 5.91 Å². The Bertz CT molecular complexity index is 1340. The fourth-order valence-corrected chi connectivity index (χ4v) is 5.11. The Morgan fingerprint density at radius 3 is 2.35 bits per heavy atom. The topological polar surface area (TPSA) is 85.1 Å². The van der Waals surface area contributed by atoms with Crippen molar-refractivity contribution in [1.29, 1.82) is 0 Å². The molecule has 2 saturated heterocycles. The van der Waals surface area contributed by atoms with Crippen molar-refractivity contribution < 1.29 is 23.5 Å². The van der Waals surface area contributed by atoms with Crippen molar-refractivity contribution in [1.82, 2.24) is 4.90 Å². The number of nitrogens with two attached hydrogens (primary N) is 1. The standard InChI is InChI=1S/C29H28FN3O4/c1-2-27(34)33-15-13-29(19-33)12-14-32(18-29)21-6-11-26(25(17-21)28(31)35)37-23-9-7-22(8-10-23)36-24-5-3-4-20(30)16-24/h2-11,16-17H,1,12-15,18-19H2,(H2,31,35). The fraction of sp³-hybridized carbons (Fsp3) is 0.241. The molecule has 0 saturated carbocycles. The van der Waals surface area contributed by atoms with Gasteiger partial charge >= 0.3 is 0 Å². The van der Waals surface area contributed by atoms with E-state index in [1.807, 2.05) is 11.0 Å². The van der Waals surface area contributed by atoms with Crippen LogP contribution in [0.3, 0.4) is 0 Å². The first-order valence-electron chi connectivity index (χ1n) is 12.2. The van der Waals surface area contributed by atoms with Gasteiger partial charge in [0.05, 0.1) is 5.56 Å². The number of amides is 2. The minimum Gasteiger partial charge on any atom is -0.457 e. The predicted octanol–water partition coefficient (Wildman–Crippen LogP) is 5.12. The van der Waals surface area contributed by atoms with E-state index in [-0.39, 0.29) is 22.7 Å². The summed E-state index contributed by atoms with van der Waals surface area (Å²) < 4.78 is 25.0. The number of benzene rings is 3. The van der Waals surface area contributed by atoms with Gasteiger partial charge in [0.15, 0.2) is 0 Å². The second-order valence-corrected chi connectivity index (χ2v) is 9.56. The number of carbonyl (C=O) groups excluding carboxylic acids is 2. The Morgan fingerprint density at radius 2 is 1.65 bits per heavy atom. The van der Waals surface area contributed by atoms with Crippen LogP contribution >= 0.6 is 0 Å². The second kappa shape index (κ2) is 9.97. The summed E-state index contributed by atoms with van der Waals surface area (Å²) in [6.07, 6.45) is 3.29. The lowest BCUT2D eigenvalue weighted by atomic mass is 9.86. The molecule has 37 heavy (non-hydrogen) atoms. The molecule has 0 radical (unpaired) electrons. The zero-order chi connectivity index (χ0) is 26.0. The molecule has 3 aromatic rings. The van der Waals surface area contributed by atoms with Crippen LogP contribution in [0.2, 0.25) is 0 Å². The van der Waals surface area contributed by atoms with Crippen LogP contribution in [-0.4, -0.2) is 42.9 Å². The molecular weight excluding hydrogens is 473 g/mol. The van der Waals surface area contributed by atoms with Crippen molar-refractivity contribution in [3.05, 3.63) is 90.8 Å². The van der Waals surface area contributed by atoms with Gasteiger partial charge in [-0.05, 0) is 73.5 Å². The van der Waals surface area contributed by atoms with E-state index in [4.69, 9.17) is 15.2 Å². The third-order valence-corrected chi connectivity index (χ3v) is 7.04. The first kappa shape index (κ1) is 24.4. The van der Waals surface area contributed by atoms with E-state index >= 15 is 0 Å². The molecule has 2 amide bonds. The Kier molecular flexibility index (Phi) is 6.56. The first-order chi connectivity index (χ1) is 17.8. The molecule has 190 valence electrons. The van der Waals surface area contributed by atoms with E-state index in [0.717, 1.165) is 44.7 Å². The van der Waals surface area contributed by atoms with Crippen LogP contribution in [0.4, 0.5) is 10.1 Å². The van der Waals surface area contributed by atoms with Gasteiger partial charge in [0.1, 0.15) is 28.8 Å². The van der Waals surface area contributed by atoms with Crippen LogP contribution in [0.15, 0.2) is 79.4 Å². The second-order valence-electron chi connectivity index (χ2n) is 9.56. The lowest BCUT2D eigenvalue weighted by Crippen LogP contribution is -2.33. The lowest BCUT2D eigenvalue weighted by Gasteiger charge is -2.25. The van der Waals surface area contributed by atoms with Gasteiger partial charge in [0.25, 0.3) is 5.91 Å². The van der Waals surface area contributed by atoms with Crippen molar-refractivity contribution in [3.63, 3.8) is 0 Å². The molecule has 7 nitrogen and oxygen atoms in total. The van der Waals surface area contributed by atoms with E-state index in [0.29, 0.717) is 23.0 Å². The molecule has 2 aliphatic rings. The van der Waals surface area contributed by atoms with Crippen molar-refractivity contribution in [3.8, 4) is 23.0 Å². The van der Waals surface area contributed by atoms with E-state index in [1.165, 1.54) is 18.2 Å². The molecule has 2 heterocycles. The highest BCUT2D eigenvalue weighted by Gasteiger charge is 2.44. The molecule has 1 spiro atoms. The first-order valence-corrected chi connectivity index (χ1v) is 12.2. The predicted molar refractivity (Wildman–Crippen MR) is 139 cm³/mol. The Labute approximate surface area is 214 Å². The molecule has 0 aliphatic carbocycles. The maximum absolute atomic E-state index is 13.4. The van der Waals surface area contributed by atoms with Gasteiger partial charge in [0.2, 0.25) is 5.91 Å². The number of carbonyl (C=O) groups is 2. The van der Waals surface area contributed by atoms with E-state index in [9.17, 15) is 14.0 Å². The molecule has 2 N–H and O–H groups in total. The summed E-state index contributed by atoms with van der Waals surface area (Å²) in [4.78, 5) is 28.4. The van der Waals surface area contributed by atoms with Crippen molar-refractivity contribution in [2.45, 2.75) is 12.8 Å². The summed E-state index contributed by atoms with van der Waals surface area (Å²) in [7, 11) is 0. The number of likely N-dealkylation sites (tertiary alicyclic amines) is 1. The highest BCUT2D eigenvalue weighted by molar-refractivity contribution is 5.97. The lowest BCUT2D eigenvalue weighted by molar-refractivity contribution is -0.125. The van der Waals surface area contributed by atoms with Crippen molar-refractivity contribution in [2.24, 2.45) is 11.1 Å². The number of hydrogen-bond acceptors (Lipinski definition) is 5. The molecule has 3 aromatic carbocycles. The monoisotopic (exact) mass is 501 g/mol. The molecule has 2 fully saturated rings. The molecule has 0 aromatic heterocycles. The number of nitrogens with zero attached hydrogens (tertiary/aromatic N) is 2. The van der Waals surface area contributed by atoms with Gasteiger partial charge in [-0.3, -0.25) is 9.59 Å². The Hall–Kier alpha value is -4.33.